The quantitative estimate of drug-likeness (QED) is 0.906. The first kappa shape index (κ1) is 14.4. The minimum Gasteiger partial charge on any atom is -0.328 e. The maximum absolute atomic E-state index is 12.2. The third kappa shape index (κ3) is 3.20. The van der Waals surface area contributed by atoms with Gasteiger partial charge in [0.25, 0.3) is 0 Å². The van der Waals surface area contributed by atoms with Crippen LogP contribution in [0.4, 0.5) is 17.1 Å². The summed E-state index contributed by atoms with van der Waals surface area (Å²) < 4.78 is 8.40. The Morgan fingerprint density at radius 2 is 2.43 bits per heavy atom. The normalized spacial score (nSPS) is 21.9. The molecule has 2 aliphatic rings. The molecule has 2 atom stereocenters. The SMILES string of the molecule is CC(N)C1CCN(CC(=O)Nc2cccc3c2N=S=N3)C1. The summed E-state index contributed by atoms with van der Waals surface area (Å²) in [5, 5.41) is 2.93. The predicted octanol–water partition coefficient (Wildman–Crippen LogP) is 2.02. The maximum Gasteiger partial charge on any atom is 0.238 e. The Bertz CT molecular complexity index is 624. The second-order valence-corrected chi connectivity index (χ2v) is 6.16. The van der Waals surface area contributed by atoms with Gasteiger partial charge in [-0.25, -0.2) is 0 Å². The Balaban J connectivity index is 1.59. The molecule has 7 heteroatoms. The van der Waals surface area contributed by atoms with E-state index in [1.165, 1.54) is 0 Å². The summed E-state index contributed by atoms with van der Waals surface area (Å²) in [4.78, 5) is 14.3. The number of anilines is 1. The van der Waals surface area contributed by atoms with Gasteiger partial charge in [-0.1, -0.05) is 6.07 Å². The maximum atomic E-state index is 12.2. The van der Waals surface area contributed by atoms with Crippen molar-refractivity contribution in [3.05, 3.63) is 18.2 Å². The van der Waals surface area contributed by atoms with Crippen LogP contribution in [-0.2, 0) is 16.1 Å². The number of likely N-dealkylation sites (tertiary alicyclic amines) is 1. The molecular weight excluding hydrogens is 286 g/mol. The van der Waals surface area contributed by atoms with Crippen LogP contribution in [0.25, 0.3) is 0 Å². The molecule has 21 heavy (non-hydrogen) atoms. The van der Waals surface area contributed by atoms with Crippen molar-refractivity contribution >= 4 is 34.3 Å². The lowest BCUT2D eigenvalue weighted by Gasteiger charge is -2.17. The van der Waals surface area contributed by atoms with Gasteiger partial charge in [-0.2, -0.15) is 8.73 Å². The topological polar surface area (TPSA) is 83.1 Å². The average molecular weight is 305 g/mol. The number of fused-ring (bicyclic) bond motifs is 1. The Kier molecular flexibility index (Phi) is 4.14. The zero-order chi connectivity index (χ0) is 14.8. The van der Waals surface area contributed by atoms with Crippen molar-refractivity contribution < 1.29 is 4.79 Å². The van der Waals surface area contributed by atoms with Crippen molar-refractivity contribution in [2.24, 2.45) is 20.4 Å². The van der Waals surface area contributed by atoms with Gasteiger partial charge in [-0.15, -0.1) is 0 Å². The van der Waals surface area contributed by atoms with Crippen molar-refractivity contribution in [1.29, 1.82) is 0 Å². The summed E-state index contributed by atoms with van der Waals surface area (Å²) in [5.41, 5.74) is 8.23. The van der Waals surface area contributed by atoms with Gasteiger partial charge in [0.1, 0.15) is 11.4 Å². The summed E-state index contributed by atoms with van der Waals surface area (Å²) in [5.74, 6) is 0.477. The van der Waals surface area contributed by atoms with Gasteiger partial charge >= 0.3 is 0 Å². The number of hydrogen-bond donors (Lipinski definition) is 2. The Morgan fingerprint density at radius 3 is 3.19 bits per heavy atom. The predicted molar refractivity (Wildman–Crippen MR) is 84.8 cm³/mol. The molecule has 6 nitrogen and oxygen atoms in total. The minimum atomic E-state index is -0.0131. The highest BCUT2D eigenvalue weighted by molar-refractivity contribution is 7.58. The largest absolute Gasteiger partial charge is 0.328 e. The molecule has 0 saturated carbocycles. The molecule has 3 rings (SSSR count). The third-order valence-electron chi connectivity index (χ3n) is 3.98. The lowest BCUT2D eigenvalue weighted by molar-refractivity contribution is -0.117. The molecule has 0 bridgehead atoms. The minimum absolute atomic E-state index is 0.0131. The van der Waals surface area contributed by atoms with Gasteiger partial charge in [0.05, 0.1) is 23.6 Å². The van der Waals surface area contributed by atoms with E-state index < -0.39 is 0 Å². The molecule has 0 radical (unpaired) electrons. The Labute approximate surface area is 127 Å². The number of nitrogens with one attached hydrogen (secondary N) is 1. The number of carbonyl (C=O) groups excluding carboxylic acids is 1. The summed E-state index contributed by atoms with van der Waals surface area (Å²) in [6, 6.07) is 5.81. The molecule has 112 valence electrons. The van der Waals surface area contributed by atoms with Crippen LogP contribution < -0.4 is 11.1 Å². The van der Waals surface area contributed by atoms with E-state index in [4.69, 9.17) is 5.73 Å². The highest BCUT2D eigenvalue weighted by Crippen LogP contribution is 2.38. The molecule has 2 unspecified atom stereocenters. The van der Waals surface area contributed by atoms with E-state index in [2.05, 4.69) is 18.9 Å². The number of nitrogens with two attached hydrogens (primary N) is 1. The van der Waals surface area contributed by atoms with E-state index in [1.807, 2.05) is 25.1 Å². The van der Waals surface area contributed by atoms with Crippen molar-refractivity contribution in [2.75, 3.05) is 25.0 Å². The number of nitrogens with zero attached hydrogens (tertiary/aromatic N) is 3. The third-order valence-corrected chi connectivity index (χ3v) is 4.52. The first-order valence-corrected chi connectivity index (χ1v) is 7.85. The summed E-state index contributed by atoms with van der Waals surface area (Å²) >= 11 is 1.15. The lowest BCUT2D eigenvalue weighted by atomic mass is 10.0. The van der Waals surface area contributed by atoms with Gasteiger partial charge in [-0.05, 0) is 37.9 Å². The van der Waals surface area contributed by atoms with E-state index >= 15 is 0 Å². The molecule has 1 saturated heterocycles. The standard InChI is InChI=1S/C14H19N5OS/c1-9(15)10-5-6-19(7-10)8-13(20)16-11-3-2-4-12-14(11)18-21-17-12/h2-4,9-10H,5-8,15H2,1H3,(H,16,20). The molecule has 1 aromatic carbocycles. The number of benzene rings is 1. The Hall–Kier alpha value is -1.57. The molecule has 1 fully saturated rings. The number of rotatable bonds is 4. The monoisotopic (exact) mass is 305 g/mol. The van der Waals surface area contributed by atoms with E-state index in [9.17, 15) is 4.79 Å². The number of carbonyl (C=O) groups is 1. The molecule has 0 aromatic heterocycles. The smallest absolute Gasteiger partial charge is 0.238 e. The van der Waals surface area contributed by atoms with Gasteiger partial charge < -0.3 is 11.1 Å². The van der Waals surface area contributed by atoms with Gasteiger partial charge in [0.15, 0.2) is 0 Å². The van der Waals surface area contributed by atoms with Crippen molar-refractivity contribution in [2.45, 2.75) is 19.4 Å². The molecule has 0 spiro atoms. The molecule has 1 amide bonds. The molecule has 1 aromatic rings. The number of hydrogen-bond acceptors (Lipinski definition) is 5. The van der Waals surface area contributed by atoms with E-state index in [1.54, 1.807) is 0 Å². The van der Waals surface area contributed by atoms with Gasteiger partial charge in [0.2, 0.25) is 5.91 Å². The molecule has 2 heterocycles. The van der Waals surface area contributed by atoms with Crippen LogP contribution in [0, 0.1) is 5.92 Å². The second-order valence-electron chi connectivity index (χ2n) is 5.63. The first-order valence-electron chi connectivity index (χ1n) is 7.12. The molecule has 2 aliphatic heterocycles. The Morgan fingerprint density at radius 1 is 1.57 bits per heavy atom. The fourth-order valence-electron chi connectivity index (χ4n) is 2.74. The van der Waals surface area contributed by atoms with E-state index in [0.717, 1.165) is 47.9 Å². The molecule has 0 aliphatic carbocycles. The zero-order valence-electron chi connectivity index (χ0n) is 12.0. The first-order chi connectivity index (χ1) is 10.1. The van der Waals surface area contributed by atoms with Crippen molar-refractivity contribution in [1.82, 2.24) is 4.90 Å². The van der Waals surface area contributed by atoms with E-state index in [0.29, 0.717) is 12.5 Å². The fraction of sp³-hybridized carbons (Fsp3) is 0.500. The average Bonchev–Trinajstić information content (AvgIpc) is 3.07. The summed E-state index contributed by atoms with van der Waals surface area (Å²) in [6.07, 6.45) is 1.07. The van der Waals surface area contributed by atoms with Crippen molar-refractivity contribution in [3.63, 3.8) is 0 Å². The number of amides is 1. The van der Waals surface area contributed by atoms with Crippen LogP contribution in [0.15, 0.2) is 26.9 Å². The van der Waals surface area contributed by atoms with E-state index in [-0.39, 0.29) is 11.9 Å². The second kappa shape index (κ2) is 6.05. The van der Waals surface area contributed by atoms with Gasteiger partial charge in [-0.3, -0.25) is 9.69 Å². The van der Waals surface area contributed by atoms with Crippen LogP contribution in [0.1, 0.15) is 13.3 Å². The molecule has 3 N–H and O–H groups in total. The van der Waals surface area contributed by atoms with Gasteiger partial charge in [0, 0.05) is 12.6 Å². The summed E-state index contributed by atoms with van der Waals surface area (Å²) in [6.45, 7) is 4.26. The van der Waals surface area contributed by atoms with Crippen LogP contribution in [0.2, 0.25) is 0 Å². The summed E-state index contributed by atoms with van der Waals surface area (Å²) in [7, 11) is 0. The van der Waals surface area contributed by atoms with Crippen LogP contribution >= 0.6 is 0 Å². The lowest BCUT2D eigenvalue weighted by Crippen LogP contribution is -2.34. The zero-order valence-corrected chi connectivity index (χ0v) is 12.8. The van der Waals surface area contributed by atoms with Crippen LogP contribution in [0.5, 0.6) is 0 Å². The highest BCUT2D eigenvalue weighted by Gasteiger charge is 2.26. The van der Waals surface area contributed by atoms with Crippen LogP contribution in [-0.4, -0.2) is 36.5 Å². The molecular formula is C14H19N5OS. The fourth-order valence-corrected chi connectivity index (χ4v) is 3.28. The van der Waals surface area contributed by atoms with Crippen molar-refractivity contribution in [3.8, 4) is 0 Å². The van der Waals surface area contributed by atoms with Crippen LogP contribution in [0.3, 0.4) is 0 Å². The highest BCUT2D eigenvalue weighted by atomic mass is 32.1.